The van der Waals surface area contributed by atoms with Gasteiger partial charge in [-0.05, 0) is 42.7 Å². The Bertz CT molecular complexity index is 1020. The molecule has 4 rings (SSSR count). The van der Waals surface area contributed by atoms with Crippen LogP contribution in [-0.4, -0.2) is 49.5 Å². The Morgan fingerprint density at radius 3 is 2.74 bits per heavy atom. The van der Waals surface area contributed by atoms with E-state index in [9.17, 15) is 14.4 Å². The van der Waals surface area contributed by atoms with Crippen molar-refractivity contribution in [2.24, 2.45) is 5.73 Å². The lowest BCUT2D eigenvalue weighted by Gasteiger charge is -2.21. The number of benzene rings is 2. The minimum Gasteiger partial charge on any atom is -0.495 e. The van der Waals surface area contributed by atoms with Crippen LogP contribution in [0.15, 0.2) is 42.5 Å². The molecule has 0 aromatic heterocycles. The fourth-order valence-electron chi connectivity index (χ4n) is 4.33. The van der Waals surface area contributed by atoms with Crippen LogP contribution < -0.4 is 20.7 Å². The highest BCUT2D eigenvalue weighted by Gasteiger charge is 2.33. The fraction of sp³-hybridized carbons (Fsp3) is 0.348. The number of hydrogen-bond donors (Lipinski definition) is 2. The van der Waals surface area contributed by atoms with Crippen molar-refractivity contribution in [2.45, 2.75) is 25.2 Å². The molecular formula is C23H26N4O4. The molecule has 3 N–H and O–H groups in total. The van der Waals surface area contributed by atoms with Crippen molar-refractivity contribution >= 4 is 29.2 Å². The Labute approximate surface area is 180 Å². The Morgan fingerprint density at radius 2 is 2.03 bits per heavy atom. The van der Waals surface area contributed by atoms with Crippen LogP contribution in [0.25, 0.3) is 0 Å². The van der Waals surface area contributed by atoms with E-state index in [4.69, 9.17) is 10.5 Å². The number of carbonyl (C=O) groups excluding carboxylic acids is 3. The standard InChI is InChI=1S/C23H26N4O4/c1-31-20-9-8-15(22(24)29)13-18(20)25-23(30)27-14-16(17-5-2-3-6-19(17)27)10-12-26-11-4-7-21(26)28/h2-3,5-6,8-9,13,16H,4,7,10-12,14H2,1H3,(H2,24,29)(H,25,30). The third kappa shape index (κ3) is 4.19. The van der Waals surface area contributed by atoms with E-state index in [2.05, 4.69) is 5.32 Å². The average Bonchev–Trinajstić information content (AvgIpc) is 3.35. The number of fused-ring (bicyclic) bond motifs is 1. The number of rotatable bonds is 6. The summed E-state index contributed by atoms with van der Waals surface area (Å²) in [5.41, 5.74) is 7.99. The van der Waals surface area contributed by atoms with E-state index in [0.717, 1.165) is 30.6 Å². The molecule has 1 unspecified atom stereocenters. The van der Waals surface area contributed by atoms with Crippen molar-refractivity contribution in [3.63, 3.8) is 0 Å². The van der Waals surface area contributed by atoms with E-state index in [1.165, 1.54) is 13.2 Å². The van der Waals surface area contributed by atoms with Gasteiger partial charge in [-0.25, -0.2) is 4.79 Å². The number of urea groups is 1. The smallest absolute Gasteiger partial charge is 0.326 e. The van der Waals surface area contributed by atoms with Crippen LogP contribution in [0, 0.1) is 0 Å². The zero-order valence-electron chi connectivity index (χ0n) is 17.5. The van der Waals surface area contributed by atoms with Gasteiger partial charge in [0.1, 0.15) is 5.75 Å². The molecule has 2 aromatic rings. The quantitative estimate of drug-likeness (QED) is 0.747. The highest BCUT2D eigenvalue weighted by Crippen LogP contribution is 2.39. The van der Waals surface area contributed by atoms with Crippen molar-refractivity contribution in [1.82, 2.24) is 4.90 Å². The first-order valence-electron chi connectivity index (χ1n) is 10.4. The van der Waals surface area contributed by atoms with Gasteiger partial charge in [0.05, 0.1) is 12.8 Å². The summed E-state index contributed by atoms with van der Waals surface area (Å²) in [6.45, 7) is 2.03. The number of amides is 4. The molecular weight excluding hydrogens is 396 g/mol. The second-order valence-electron chi connectivity index (χ2n) is 7.85. The molecule has 8 nitrogen and oxygen atoms in total. The van der Waals surface area contributed by atoms with Gasteiger partial charge in [0.25, 0.3) is 0 Å². The van der Waals surface area contributed by atoms with Gasteiger partial charge in [0.2, 0.25) is 11.8 Å². The third-order valence-corrected chi connectivity index (χ3v) is 5.96. The summed E-state index contributed by atoms with van der Waals surface area (Å²) in [7, 11) is 1.50. The second kappa shape index (κ2) is 8.67. The molecule has 1 atom stereocenters. The maximum Gasteiger partial charge on any atom is 0.326 e. The summed E-state index contributed by atoms with van der Waals surface area (Å²) in [5, 5.41) is 2.85. The van der Waals surface area contributed by atoms with Crippen molar-refractivity contribution in [3.8, 4) is 5.75 Å². The molecule has 2 aromatic carbocycles. The van der Waals surface area contributed by atoms with Crippen LogP contribution >= 0.6 is 0 Å². The van der Waals surface area contributed by atoms with E-state index in [1.54, 1.807) is 17.0 Å². The summed E-state index contributed by atoms with van der Waals surface area (Å²) in [6.07, 6.45) is 2.34. The lowest BCUT2D eigenvalue weighted by molar-refractivity contribution is -0.127. The first-order valence-corrected chi connectivity index (χ1v) is 10.4. The van der Waals surface area contributed by atoms with Gasteiger partial charge in [-0.2, -0.15) is 0 Å². The minimum absolute atomic E-state index is 0.147. The van der Waals surface area contributed by atoms with E-state index in [-0.39, 0.29) is 23.4 Å². The Morgan fingerprint density at radius 1 is 1.23 bits per heavy atom. The van der Waals surface area contributed by atoms with Gasteiger partial charge in [-0.3, -0.25) is 14.5 Å². The molecule has 1 fully saturated rings. The third-order valence-electron chi connectivity index (χ3n) is 5.96. The monoisotopic (exact) mass is 422 g/mol. The van der Waals surface area contributed by atoms with Crippen LogP contribution in [-0.2, 0) is 4.79 Å². The maximum atomic E-state index is 13.2. The second-order valence-corrected chi connectivity index (χ2v) is 7.85. The van der Waals surface area contributed by atoms with Gasteiger partial charge in [0, 0.05) is 43.2 Å². The SMILES string of the molecule is COc1ccc(C(N)=O)cc1NC(=O)N1CC(CCN2CCCC2=O)c2ccccc21. The van der Waals surface area contributed by atoms with E-state index in [1.807, 2.05) is 29.2 Å². The maximum absolute atomic E-state index is 13.2. The van der Waals surface area contributed by atoms with E-state index in [0.29, 0.717) is 30.9 Å². The molecule has 1 saturated heterocycles. The number of nitrogens with one attached hydrogen (secondary N) is 1. The lowest BCUT2D eigenvalue weighted by atomic mass is 9.98. The van der Waals surface area contributed by atoms with Gasteiger partial charge in [-0.15, -0.1) is 0 Å². The predicted octanol–water partition coefficient (Wildman–Crippen LogP) is 2.94. The Balaban J connectivity index is 1.52. The Kier molecular flexibility index (Phi) is 5.79. The molecule has 2 heterocycles. The molecule has 0 aliphatic carbocycles. The number of methoxy groups -OCH3 is 1. The highest BCUT2D eigenvalue weighted by atomic mass is 16.5. The van der Waals surface area contributed by atoms with Gasteiger partial charge in [-0.1, -0.05) is 18.2 Å². The highest BCUT2D eigenvalue weighted by molar-refractivity contribution is 6.05. The fourth-order valence-corrected chi connectivity index (χ4v) is 4.33. The van der Waals surface area contributed by atoms with Gasteiger partial charge in [0.15, 0.2) is 0 Å². The summed E-state index contributed by atoms with van der Waals surface area (Å²) in [5.74, 6) is 0.215. The number of nitrogens with zero attached hydrogens (tertiary/aromatic N) is 2. The zero-order chi connectivity index (χ0) is 22.0. The topological polar surface area (TPSA) is 105 Å². The van der Waals surface area contributed by atoms with Crippen molar-refractivity contribution in [1.29, 1.82) is 0 Å². The normalized spacial score (nSPS) is 17.6. The van der Waals surface area contributed by atoms with Crippen LogP contribution in [0.2, 0.25) is 0 Å². The molecule has 4 amide bonds. The number of primary amides is 1. The first kappa shape index (κ1) is 20.7. The molecule has 0 radical (unpaired) electrons. The van der Waals surface area contributed by atoms with E-state index >= 15 is 0 Å². The number of ether oxygens (including phenoxy) is 1. The van der Waals surface area contributed by atoms with Crippen LogP contribution in [0.3, 0.4) is 0 Å². The number of para-hydroxylation sites is 1. The molecule has 2 aliphatic heterocycles. The van der Waals surface area contributed by atoms with Crippen LogP contribution in [0.1, 0.15) is 41.1 Å². The Hall–Kier alpha value is -3.55. The molecule has 162 valence electrons. The summed E-state index contributed by atoms with van der Waals surface area (Å²) >= 11 is 0. The number of hydrogen-bond acceptors (Lipinski definition) is 4. The van der Waals surface area contributed by atoms with E-state index < -0.39 is 5.91 Å². The van der Waals surface area contributed by atoms with Gasteiger partial charge >= 0.3 is 6.03 Å². The number of anilines is 2. The molecule has 0 spiro atoms. The van der Waals surface area contributed by atoms with Gasteiger partial charge < -0.3 is 20.7 Å². The molecule has 2 aliphatic rings. The first-order chi connectivity index (χ1) is 15.0. The summed E-state index contributed by atoms with van der Waals surface area (Å²) < 4.78 is 5.32. The average molecular weight is 422 g/mol. The molecule has 0 bridgehead atoms. The minimum atomic E-state index is -0.582. The zero-order valence-corrected chi connectivity index (χ0v) is 17.5. The van der Waals surface area contributed by atoms with Crippen LogP contribution in [0.5, 0.6) is 5.75 Å². The number of carbonyl (C=O) groups is 3. The number of likely N-dealkylation sites (tertiary alicyclic amines) is 1. The molecule has 0 saturated carbocycles. The lowest BCUT2D eigenvalue weighted by Crippen LogP contribution is -2.35. The molecule has 31 heavy (non-hydrogen) atoms. The summed E-state index contributed by atoms with van der Waals surface area (Å²) in [6, 6.07) is 12.2. The van der Waals surface area contributed by atoms with Crippen LogP contribution in [0.4, 0.5) is 16.2 Å². The summed E-state index contributed by atoms with van der Waals surface area (Å²) in [4.78, 5) is 40.2. The van der Waals surface area contributed by atoms with Crippen molar-refractivity contribution in [2.75, 3.05) is 37.0 Å². The predicted molar refractivity (Wildman–Crippen MR) is 117 cm³/mol. The van der Waals surface area contributed by atoms with Crippen molar-refractivity contribution in [3.05, 3.63) is 53.6 Å². The number of nitrogens with two attached hydrogens (primary N) is 1. The molecule has 8 heteroatoms. The largest absolute Gasteiger partial charge is 0.495 e. The van der Waals surface area contributed by atoms with Crippen molar-refractivity contribution < 1.29 is 19.1 Å².